The smallest absolute Gasteiger partial charge is 0.277 e. The molecule has 0 aliphatic heterocycles. The van der Waals surface area contributed by atoms with Gasteiger partial charge in [0, 0.05) is 0 Å². The summed E-state index contributed by atoms with van der Waals surface area (Å²) in [4.78, 5) is 12.4. The van der Waals surface area contributed by atoms with Gasteiger partial charge >= 0.3 is 0 Å². The van der Waals surface area contributed by atoms with Crippen molar-refractivity contribution < 1.29 is 13.6 Å². The van der Waals surface area contributed by atoms with Crippen LogP contribution >= 0.6 is 11.8 Å². The molecule has 2 heterocycles. The molecule has 3 rings (SSSR count). The molecule has 1 N–H and O–H groups in total. The summed E-state index contributed by atoms with van der Waals surface area (Å²) >= 11 is 1.22. The first-order chi connectivity index (χ1) is 12.5. The molecule has 0 bridgehead atoms. The number of rotatable bonds is 7. The number of thioether (sulfide) groups is 1. The number of nitrogens with one attached hydrogen (secondary N) is 1. The number of nitrogens with zero attached hydrogens (tertiary/aromatic N) is 2. The van der Waals surface area contributed by atoms with Gasteiger partial charge in [-0.2, -0.15) is 0 Å². The summed E-state index contributed by atoms with van der Waals surface area (Å²) < 4.78 is 10.8. The van der Waals surface area contributed by atoms with Gasteiger partial charge in [0.2, 0.25) is 5.91 Å². The molecule has 136 valence electrons. The lowest BCUT2D eigenvalue weighted by Crippen LogP contribution is -2.32. The molecule has 3 aromatic rings. The second kappa shape index (κ2) is 8.23. The van der Waals surface area contributed by atoms with Crippen molar-refractivity contribution in [3.8, 4) is 11.5 Å². The molecule has 0 spiro atoms. The Bertz CT molecular complexity index is 858. The van der Waals surface area contributed by atoms with Crippen LogP contribution in [0.3, 0.4) is 0 Å². The zero-order chi connectivity index (χ0) is 18.5. The van der Waals surface area contributed by atoms with Crippen LogP contribution in [0.2, 0.25) is 0 Å². The van der Waals surface area contributed by atoms with Crippen molar-refractivity contribution >= 4 is 17.7 Å². The maximum atomic E-state index is 12.4. The van der Waals surface area contributed by atoms with E-state index in [1.54, 1.807) is 12.3 Å². The number of hydrogen-bond donors (Lipinski definition) is 1. The van der Waals surface area contributed by atoms with Crippen molar-refractivity contribution in [1.29, 1.82) is 0 Å². The predicted molar refractivity (Wildman–Crippen MR) is 99.6 cm³/mol. The summed E-state index contributed by atoms with van der Waals surface area (Å²) in [6.07, 6.45) is 1.57. The molecular weight excluding hydrogens is 350 g/mol. The van der Waals surface area contributed by atoms with Crippen LogP contribution < -0.4 is 5.32 Å². The van der Waals surface area contributed by atoms with E-state index >= 15 is 0 Å². The highest BCUT2D eigenvalue weighted by molar-refractivity contribution is 7.99. The number of aryl methyl sites for hydroxylation is 1. The molecule has 1 amide bonds. The van der Waals surface area contributed by atoms with E-state index in [0.29, 0.717) is 16.9 Å². The average molecular weight is 371 g/mol. The molecule has 6 nitrogen and oxygen atoms in total. The van der Waals surface area contributed by atoms with E-state index in [9.17, 15) is 4.79 Å². The number of furan rings is 1. The van der Waals surface area contributed by atoms with Gasteiger partial charge in [0.15, 0.2) is 0 Å². The molecule has 2 aromatic heterocycles. The fourth-order valence-electron chi connectivity index (χ4n) is 2.62. The zero-order valence-corrected chi connectivity index (χ0v) is 15.7. The second-order valence-electron chi connectivity index (χ2n) is 6.25. The van der Waals surface area contributed by atoms with Crippen LogP contribution in [-0.4, -0.2) is 21.9 Å². The monoisotopic (exact) mass is 371 g/mol. The minimum atomic E-state index is -0.0724. The first kappa shape index (κ1) is 18.3. The zero-order valence-electron chi connectivity index (χ0n) is 14.9. The van der Waals surface area contributed by atoms with Crippen molar-refractivity contribution in [3.05, 3.63) is 54.0 Å². The van der Waals surface area contributed by atoms with Crippen LogP contribution in [0.1, 0.15) is 31.2 Å². The molecule has 0 saturated heterocycles. The van der Waals surface area contributed by atoms with E-state index in [1.165, 1.54) is 11.8 Å². The molecular formula is C19H21N3O3S. The van der Waals surface area contributed by atoms with Crippen molar-refractivity contribution in [2.24, 2.45) is 5.92 Å². The largest absolute Gasteiger partial charge is 0.469 e. The van der Waals surface area contributed by atoms with Crippen LogP contribution in [-0.2, 0) is 4.79 Å². The van der Waals surface area contributed by atoms with Gasteiger partial charge in [-0.15, -0.1) is 10.2 Å². The first-order valence-corrected chi connectivity index (χ1v) is 9.38. The number of benzene rings is 1. The lowest BCUT2D eigenvalue weighted by molar-refractivity contribution is -0.119. The highest BCUT2D eigenvalue weighted by atomic mass is 32.2. The molecule has 0 saturated carbocycles. The second-order valence-corrected chi connectivity index (χ2v) is 7.18. The Kier molecular flexibility index (Phi) is 5.78. The Morgan fingerprint density at radius 2 is 1.96 bits per heavy atom. The number of carbonyl (C=O) groups excluding carboxylic acids is 1. The SMILES string of the molecule is Cc1occc1-c1nnc(SCC(=O)NC(c2ccccc2)C(C)C)o1. The van der Waals surface area contributed by atoms with Crippen molar-refractivity contribution in [2.45, 2.75) is 32.0 Å². The van der Waals surface area contributed by atoms with Gasteiger partial charge in [0.05, 0.1) is 23.6 Å². The maximum Gasteiger partial charge on any atom is 0.277 e. The third kappa shape index (κ3) is 4.35. The normalized spacial score (nSPS) is 12.3. The minimum Gasteiger partial charge on any atom is -0.469 e. The van der Waals surface area contributed by atoms with Crippen LogP contribution in [0.25, 0.3) is 11.5 Å². The van der Waals surface area contributed by atoms with E-state index in [-0.39, 0.29) is 23.6 Å². The standard InChI is InChI=1S/C19H21N3O3S/c1-12(2)17(14-7-5-4-6-8-14)20-16(23)11-26-19-22-21-18(25-19)15-9-10-24-13(15)3/h4-10,12,17H,11H2,1-3H3,(H,20,23). The van der Waals surface area contributed by atoms with E-state index in [2.05, 4.69) is 29.4 Å². The van der Waals surface area contributed by atoms with Gasteiger partial charge in [-0.3, -0.25) is 4.79 Å². The molecule has 0 radical (unpaired) electrons. The van der Waals surface area contributed by atoms with Crippen LogP contribution in [0.5, 0.6) is 0 Å². The van der Waals surface area contributed by atoms with E-state index in [1.807, 2.05) is 37.3 Å². The fourth-order valence-corrected chi connectivity index (χ4v) is 3.20. The Labute approximate surface area is 156 Å². The summed E-state index contributed by atoms with van der Waals surface area (Å²) in [6.45, 7) is 6.00. The third-order valence-corrected chi connectivity index (χ3v) is 4.78. The Balaban J connectivity index is 1.59. The van der Waals surface area contributed by atoms with Crippen LogP contribution in [0, 0.1) is 12.8 Å². The topological polar surface area (TPSA) is 81.2 Å². The predicted octanol–water partition coefficient (Wildman–Crippen LogP) is 4.24. The van der Waals surface area contributed by atoms with Gasteiger partial charge < -0.3 is 14.2 Å². The summed E-state index contributed by atoms with van der Waals surface area (Å²) in [6, 6.07) is 11.7. The Morgan fingerprint density at radius 1 is 1.19 bits per heavy atom. The highest BCUT2D eigenvalue weighted by Crippen LogP contribution is 2.26. The third-order valence-electron chi connectivity index (χ3n) is 3.96. The molecule has 26 heavy (non-hydrogen) atoms. The van der Waals surface area contributed by atoms with Gasteiger partial charge in [-0.25, -0.2) is 0 Å². The number of amides is 1. The Hall–Kier alpha value is -2.54. The van der Waals surface area contributed by atoms with E-state index in [4.69, 9.17) is 8.83 Å². The molecule has 0 aliphatic carbocycles. The number of hydrogen-bond acceptors (Lipinski definition) is 6. The van der Waals surface area contributed by atoms with Gasteiger partial charge in [-0.1, -0.05) is 55.9 Å². The lowest BCUT2D eigenvalue weighted by atomic mass is 9.96. The molecule has 7 heteroatoms. The van der Waals surface area contributed by atoms with Gasteiger partial charge in [0.1, 0.15) is 5.76 Å². The minimum absolute atomic E-state index is 0.0314. The van der Waals surface area contributed by atoms with Crippen molar-refractivity contribution in [1.82, 2.24) is 15.5 Å². The van der Waals surface area contributed by atoms with Gasteiger partial charge in [0.25, 0.3) is 11.1 Å². The van der Waals surface area contributed by atoms with Crippen molar-refractivity contribution in [3.63, 3.8) is 0 Å². The summed E-state index contributed by atoms with van der Waals surface area (Å²) in [5.41, 5.74) is 1.86. The molecule has 1 aromatic carbocycles. The van der Waals surface area contributed by atoms with E-state index < -0.39 is 0 Å². The summed E-state index contributed by atoms with van der Waals surface area (Å²) in [5.74, 6) is 1.53. The molecule has 1 unspecified atom stereocenters. The lowest BCUT2D eigenvalue weighted by Gasteiger charge is -2.22. The molecule has 1 atom stereocenters. The number of aromatic nitrogens is 2. The average Bonchev–Trinajstić information content (AvgIpc) is 3.27. The Morgan fingerprint density at radius 3 is 2.62 bits per heavy atom. The molecule has 0 aliphatic rings. The van der Waals surface area contributed by atoms with Crippen molar-refractivity contribution in [2.75, 3.05) is 5.75 Å². The quantitative estimate of drug-likeness (QED) is 0.626. The van der Waals surface area contributed by atoms with E-state index in [0.717, 1.165) is 11.1 Å². The summed E-state index contributed by atoms with van der Waals surface area (Å²) in [7, 11) is 0. The maximum absolute atomic E-state index is 12.4. The highest BCUT2D eigenvalue weighted by Gasteiger charge is 2.19. The number of carbonyl (C=O) groups is 1. The first-order valence-electron chi connectivity index (χ1n) is 8.39. The van der Waals surface area contributed by atoms with Gasteiger partial charge in [-0.05, 0) is 24.5 Å². The van der Waals surface area contributed by atoms with Crippen LogP contribution in [0.15, 0.2) is 56.7 Å². The summed E-state index contributed by atoms with van der Waals surface area (Å²) in [5, 5.41) is 11.4. The van der Waals surface area contributed by atoms with Crippen LogP contribution in [0.4, 0.5) is 0 Å². The molecule has 0 fully saturated rings. The fraction of sp³-hybridized carbons (Fsp3) is 0.316.